The first-order valence-corrected chi connectivity index (χ1v) is 7.19. The van der Waals surface area contributed by atoms with E-state index in [1.807, 2.05) is 0 Å². The third-order valence-corrected chi connectivity index (χ3v) is 3.22. The minimum atomic E-state index is -1.09. The van der Waals surface area contributed by atoms with E-state index in [4.69, 9.17) is 18.9 Å². The molecule has 0 aliphatic carbocycles. The van der Waals surface area contributed by atoms with E-state index in [1.165, 1.54) is 20.8 Å². The molecule has 1 fully saturated rings. The molecule has 0 aromatic heterocycles. The molecule has 1 heterocycles. The zero-order chi connectivity index (χ0) is 17.6. The lowest BCUT2D eigenvalue weighted by Crippen LogP contribution is -2.62. The first-order valence-electron chi connectivity index (χ1n) is 7.19. The number of ether oxygens (including phenoxy) is 4. The van der Waals surface area contributed by atoms with E-state index in [0.29, 0.717) is 6.42 Å². The summed E-state index contributed by atoms with van der Waals surface area (Å²) in [7, 11) is 0. The fourth-order valence-electron chi connectivity index (χ4n) is 2.49. The first-order chi connectivity index (χ1) is 10.8. The Morgan fingerprint density at radius 3 is 1.78 bits per heavy atom. The molecule has 0 bridgehead atoms. The Balaban J connectivity index is 3.19. The third-order valence-electron chi connectivity index (χ3n) is 3.22. The number of aliphatic hydroxyl groups is 1. The van der Waals surface area contributed by atoms with Crippen LogP contribution in [0.4, 0.5) is 0 Å². The Kier molecular flexibility index (Phi) is 7.18. The second-order valence-electron chi connectivity index (χ2n) is 5.14. The predicted octanol–water partition coefficient (Wildman–Crippen LogP) is 0.117. The summed E-state index contributed by atoms with van der Waals surface area (Å²) in [6.45, 7) is 6.70. The van der Waals surface area contributed by atoms with Crippen LogP contribution in [-0.4, -0.2) is 60.1 Å². The number of esters is 3. The predicted molar refractivity (Wildman–Crippen MR) is 77.2 cm³/mol. The molecule has 5 unspecified atom stereocenters. The Hall–Kier alpha value is -1.93. The topological polar surface area (TPSA) is 108 Å². The van der Waals surface area contributed by atoms with Crippen molar-refractivity contribution in [2.24, 2.45) is 0 Å². The SMILES string of the molecule is C=CCC1OC(CO)C(OC(C)=O)C(OC(C)=O)C1OC(C)=O. The molecular formula is C15H22O8. The van der Waals surface area contributed by atoms with Crippen molar-refractivity contribution in [1.29, 1.82) is 0 Å². The number of hydrogen-bond acceptors (Lipinski definition) is 8. The molecule has 0 aromatic carbocycles. The number of aliphatic hydroxyl groups excluding tert-OH is 1. The fraction of sp³-hybridized carbons (Fsp3) is 0.667. The number of carbonyl (C=O) groups excluding carboxylic acids is 3. The van der Waals surface area contributed by atoms with E-state index >= 15 is 0 Å². The summed E-state index contributed by atoms with van der Waals surface area (Å²) < 4.78 is 21.2. The quantitative estimate of drug-likeness (QED) is 0.415. The van der Waals surface area contributed by atoms with E-state index < -0.39 is 55.0 Å². The maximum absolute atomic E-state index is 11.4. The molecule has 0 spiro atoms. The molecule has 0 radical (unpaired) electrons. The summed E-state index contributed by atoms with van der Waals surface area (Å²) in [4.78, 5) is 34.1. The van der Waals surface area contributed by atoms with Gasteiger partial charge in [0.15, 0.2) is 18.3 Å². The number of carbonyl (C=O) groups is 3. The second kappa shape index (κ2) is 8.64. The zero-order valence-electron chi connectivity index (χ0n) is 13.4. The highest BCUT2D eigenvalue weighted by atomic mass is 16.6. The summed E-state index contributed by atoms with van der Waals surface area (Å²) in [6, 6.07) is 0. The van der Waals surface area contributed by atoms with Gasteiger partial charge in [0.2, 0.25) is 0 Å². The summed E-state index contributed by atoms with van der Waals surface area (Å²) in [5, 5.41) is 9.49. The first kappa shape index (κ1) is 19.1. The molecule has 0 saturated carbocycles. The van der Waals surface area contributed by atoms with E-state index in [9.17, 15) is 19.5 Å². The Morgan fingerprint density at radius 2 is 1.39 bits per heavy atom. The third kappa shape index (κ3) is 5.33. The van der Waals surface area contributed by atoms with Crippen LogP contribution in [0.1, 0.15) is 27.2 Å². The highest BCUT2D eigenvalue weighted by molar-refractivity contribution is 5.68. The van der Waals surface area contributed by atoms with Gasteiger partial charge < -0.3 is 24.1 Å². The molecule has 5 atom stereocenters. The smallest absolute Gasteiger partial charge is 0.303 e. The maximum atomic E-state index is 11.4. The molecule has 23 heavy (non-hydrogen) atoms. The van der Waals surface area contributed by atoms with Crippen molar-refractivity contribution in [3.63, 3.8) is 0 Å². The average Bonchev–Trinajstić information content (AvgIpc) is 2.43. The summed E-state index contributed by atoms with van der Waals surface area (Å²) in [5.41, 5.74) is 0. The van der Waals surface area contributed by atoms with Gasteiger partial charge in [-0.1, -0.05) is 6.08 Å². The van der Waals surface area contributed by atoms with Crippen molar-refractivity contribution in [2.75, 3.05) is 6.61 Å². The molecule has 130 valence electrons. The Bertz CT molecular complexity index is 460. The van der Waals surface area contributed by atoms with Crippen molar-refractivity contribution in [2.45, 2.75) is 57.7 Å². The molecule has 0 amide bonds. The van der Waals surface area contributed by atoms with Gasteiger partial charge in [-0.05, 0) is 6.42 Å². The maximum Gasteiger partial charge on any atom is 0.303 e. The van der Waals surface area contributed by atoms with Gasteiger partial charge in [0.1, 0.15) is 12.2 Å². The van der Waals surface area contributed by atoms with E-state index in [0.717, 1.165) is 0 Å². The Morgan fingerprint density at radius 1 is 0.957 bits per heavy atom. The zero-order valence-corrected chi connectivity index (χ0v) is 13.4. The summed E-state index contributed by atoms with van der Waals surface area (Å²) in [6.07, 6.45) is -2.93. The van der Waals surface area contributed by atoms with Gasteiger partial charge in [0.25, 0.3) is 0 Å². The average molecular weight is 330 g/mol. The Labute approximate surface area is 134 Å². The van der Waals surface area contributed by atoms with Gasteiger partial charge in [0.05, 0.1) is 6.61 Å². The lowest BCUT2D eigenvalue weighted by Gasteiger charge is -2.44. The molecule has 1 rings (SSSR count). The molecular weight excluding hydrogens is 308 g/mol. The van der Waals surface area contributed by atoms with E-state index in [1.54, 1.807) is 6.08 Å². The largest absolute Gasteiger partial charge is 0.456 e. The van der Waals surface area contributed by atoms with Crippen molar-refractivity contribution in [3.8, 4) is 0 Å². The molecule has 1 saturated heterocycles. The summed E-state index contributed by atoms with van der Waals surface area (Å²) >= 11 is 0. The number of rotatable bonds is 6. The van der Waals surface area contributed by atoms with Crippen molar-refractivity contribution >= 4 is 17.9 Å². The van der Waals surface area contributed by atoms with Crippen LogP contribution in [0.25, 0.3) is 0 Å². The van der Waals surface area contributed by atoms with Gasteiger partial charge in [0, 0.05) is 20.8 Å². The second-order valence-corrected chi connectivity index (χ2v) is 5.14. The lowest BCUT2D eigenvalue weighted by atomic mass is 9.92. The van der Waals surface area contributed by atoms with Crippen molar-refractivity contribution in [1.82, 2.24) is 0 Å². The van der Waals surface area contributed by atoms with Gasteiger partial charge in [-0.25, -0.2) is 0 Å². The van der Waals surface area contributed by atoms with Crippen LogP contribution in [0.3, 0.4) is 0 Å². The fourth-order valence-corrected chi connectivity index (χ4v) is 2.49. The van der Waals surface area contributed by atoms with Gasteiger partial charge in [-0.2, -0.15) is 0 Å². The minimum Gasteiger partial charge on any atom is -0.456 e. The van der Waals surface area contributed by atoms with Gasteiger partial charge >= 0.3 is 17.9 Å². The highest BCUT2D eigenvalue weighted by Gasteiger charge is 2.50. The molecule has 8 nitrogen and oxygen atoms in total. The number of hydrogen-bond donors (Lipinski definition) is 1. The molecule has 0 aromatic rings. The lowest BCUT2D eigenvalue weighted by molar-refractivity contribution is -0.250. The van der Waals surface area contributed by atoms with Crippen LogP contribution in [-0.2, 0) is 33.3 Å². The molecule has 8 heteroatoms. The molecule has 1 N–H and O–H groups in total. The van der Waals surface area contributed by atoms with Crippen LogP contribution < -0.4 is 0 Å². The van der Waals surface area contributed by atoms with Crippen molar-refractivity contribution < 1.29 is 38.4 Å². The van der Waals surface area contributed by atoms with Crippen LogP contribution in [0.5, 0.6) is 0 Å². The van der Waals surface area contributed by atoms with Crippen LogP contribution >= 0.6 is 0 Å². The van der Waals surface area contributed by atoms with Gasteiger partial charge in [-0.15, -0.1) is 6.58 Å². The highest BCUT2D eigenvalue weighted by Crippen LogP contribution is 2.30. The molecule has 1 aliphatic heterocycles. The normalized spacial score (nSPS) is 30.2. The standard InChI is InChI=1S/C15H22O8/c1-5-6-11-13(20-8(2)17)15(22-10(4)19)14(21-9(3)18)12(7-16)23-11/h5,11-16H,1,6-7H2,2-4H3. The minimum absolute atomic E-state index is 0.291. The summed E-state index contributed by atoms with van der Waals surface area (Å²) in [5.74, 6) is -1.88. The van der Waals surface area contributed by atoms with E-state index in [-0.39, 0.29) is 0 Å². The van der Waals surface area contributed by atoms with Crippen LogP contribution in [0, 0.1) is 0 Å². The van der Waals surface area contributed by atoms with E-state index in [2.05, 4.69) is 6.58 Å². The van der Waals surface area contributed by atoms with Crippen LogP contribution in [0.2, 0.25) is 0 Å². The van der Waals surface area contributed by atoms with Gasteiger partial charge in [-0.3, -0.25) is 14.4 Å². The van der Waals surface area contributed by atoms with Crippen LogP contribution in [0.15, 0.2) is 12.7 Å². The van der Waals surface area contributed by atoms with Crippen molar-refractivity contribution in [3.05, 3.63) is 12.7 Å². The monoisotopic (exact) mass is 330 g/mol. The molecule has 1 aliphatic rings.